The van der Waals surface area contributed by atoms with Crippen LogP contribution in [0.5, 0.6) is 0 Å². The molecule has 1 aromatic rings. The van der Waals surface area contributed by atoms with Crippen LogP contribution in [-0.4, -0.2) is 37.2 Å². The van der Waals surface area contributed by atoms with Gasteiger partial charge in [-0.15, -0.1) is 0 Å². The highest BCUT2D eigenvalue weighted by Gasteiger charge is 2.35. The number of benzene rings is 1. The molecule has 0 aliphatic carbocycles. The fraction of sp³-hybridized carbons (Fsp3) is 0.500. The number of likely N-dealkylation sites (N-methyl/N-ethyl adjacent to an activating group) is 1. The first kappa shape index (κ1) is 17.0. The molecule has 0 atom stereocenters. The molecular weight excluding hydrogens is 270 g/mol. The van der Waals surface area contributed by atoms with Crippen LogP contribution in [0, 0.1) is 0 Å². The van der Waals surface area contributed by atoms with Crippen molar-refractivity contribution in [3.63, 3.8) is 0 Å². The molecule has 0 spiro atoms. The molecule has 0 saturated heterocycles. The number of hydrogen-bond acceptors (Lipinski definition) is 5. The average Bonchev–Trinajstić information content (AvgIpc) is 2.38. The van der Waals surface area contributed by atoms with Gasteiger partial charge in [0.25, 0.3) is 0 Å². The Labute approximate surface area is 125 Å². The van der Waals surface area contributed by atoms with Gasteiger partial charge in [-0.1, -0.05) is 18.2 Å². The molecule has 21 heavy (non-hydrogen) atoms. The fourth-order valence-corrected chi connectivity index (χ4v) is 1.82. The van der Waals surface area contributed by atoms with Crippen molar-refractivity contribution in [2.24, 2.45) is 0 Å². The van der Waals surface area contributed by atoms with Crippen molar-refractivity contribution >= 4 is 17.6 Å². The SMILES string of the molecule is CC(C)OC(=O)C(C(=O)OC(C)C)N(C)c1ccccc1. The number of carbonyl (C=O) groups excluding carboxylic acids is 2. The van der Waals surface area contributed by atoms with Gasteiger partial charge in [0.2, 0.25) is 6.04 Å². The monoisotopic (exact) mass is 293 g/mol. The number of hydrogen-bond donors (Lipinski definition) is 0. The summed E-state index contributed by atoms with van der Waals surface area (Å²) in [4.78, 5) is 26.0. The predicted octanol–water partition coefficient (Wildman–Crippen LogP) is 2.39. The van der Waals surface area contributed by atoms with Crippen molar-refractivity contribution in [2.75, 3.05) is 11.9 Å². The zero-order valence-corrected chi connectivity index (χ0v) is 13.2. The molecule has 1 rings (SSSR count). The molecule has 0 saturated carbocycles. The Morgan fingerprint density at radius 1 is 0.905 bits per heavy atom. The van der Waals surface area contributed by atoms with Crippen molar-refractivity contribution in [1.82, 2.24) is 0 Å². The van der Waals surface area contributed by atoms with E-state index >= 15 is 0 Å². The van der Waals surface area contributed by atoms with Gasteiger partial charge in [-0.3, -0.25) is 0 Å². The van der Waals surface area contributed by atoms with E-state index in [1.165, 1.54) is 0 Å². The summed E-state index contributed by atoms with van der Waals surface area (Å²) in [6.45, 7) is 6.97. The third kappa shape index (κ3) is 5.10. The normalized spacial score (nSPS) is 10.9. The molecule has 0 aliphatic rings. The Morgan fingerprint density at radius 3 is 1.71 bits per heavy atom. The van der Waals surface area contributed by atoms with Crippen LogP contribution in [0.1, 0.15) is 27.7 Å². The van der Waals surface area contributed by atoms with Gasteiger partial charge in [0, 0.05) is 12.7 Å². The number of anilines is 1. The van der Waals surface area contributed by atoms with E-state index in [9.17, 15) is 9.59 Å². The molecular formula is C16H23NO4. The van der Waals surface area contributed by atoms with E-state index in [2.05, 4.69) is 0 Å². The summed E-state index contributed by atoms with van der Waals surface area (Å²) in [7, 11) is 1.67. The van der Waals surface area contributed by atoms with Gasteiger partial charge in [-0.25, -0.2) is 9.59 Å². The van der Waals surface area contributed by atoms with Crippen LogP contribution in [0.15, 0.2) is 30.3 Å². The number of para-hydroxylation sites is 1. The molecule has 5 nitrogen and oxygen atoms in total. The van der Waals surface area contributed by atoms with E-state index in [1.54, 1.807) is 39.6 Å². The van der Waals surface area contributed by atoms with Crippen LogP contribution in [0.2, 0.25) is 0 Å². The van der Waals surface area contributed by atoms with Crippen molar-refractivity contribution < 1.29 is 19.1 Å². The Bertz CT molecular complexity index is 448. The van der Waals surface area contributed by atoms with Crippen LogP contribution >= 0.6 is 0 Å². The third-order valence-corrected chi connectivity index (χ3v) is 2.70. The summed E-state index contributed by atoms with van der Waals surface area (Å²) in [6.07, 6.45) is -0.591. The second kappa shape index (κ2) is 7.67. The number of nitrogens with zero attached hydrogens (tertiary/aromatic N) is 1. The molecule has 5 heteroatoms. The van der Waals surface area contributed by atoms with Crippen LogP contribution in [0.4, 0.5) is 5.69 Å². The summed E-state index contributed by atoms with van der Waals surface area (Å²) in [5, 5.41) is 0. The lowest BCUT2D eigenvalue weighted by atomic mass is 10.2. The highest BCUT2D eigenvalue weighted by molar-refractivity contribution is 6.02. The molecule has 0 fully saturated rings. The quantitative estimate of drug-likeness (QED) is 0.595. The number of rotatable bonds is 6. The highest BCUT2D eigenvalue weighted by atomic mass is 16.6. The zero-order chi connectivity index (χ0) is 16.0. The summed E-state index contributed by atoms with van der Waals surface area (Å²) in [5.74, 6) is -1.22. The summed E-state index contributed by atoms with van der Waals surface area (Å²) in [6, 6.07) is 8.06. The van der Waals surface area contributed by atoms with Crippen LogP contribution in [0.25, 0.3) is 0 Å². The van der Waals surface area contributed by atoms with Crippen molar-refractivity contribution in [1.29, 1.82) is 0 Å². The van der Waals surface area contributed by atoms with Gasteiger partial charge in [-0.05, 0) is 39.8 Å². The minimum Gasteiger partial charge on any atom is -0.461 e. The van der Waals surface area contributed by atoms with Gasteiger partial charge in [0.1, 0.15) is 0 Å². The van der Waals surface area contributed by atoms with Crippen molar-refractivity contribution in [3.05, 3.63) is 30.3 Å². The number of ether oxygens (including phenoxy) is 2. The van der Waals surface area contributed by atoms with E-state index in [0.29, 0.717) is 0 Å². The Morgan fingerprint density at radius 2 is 1.33 bits per heavy atom. The van der Waals surface area contributed by atoms with E-state index in [-0.39, 0.29) is 12.2 Å². The predicted molar refractivity (Wildman–Crippen MR) is 81.1 cm³/mol. The van der Waals surface area contributed by atoms with E-state index in [4.69, 9.17) is 9.47 Å². The number of esters is 2. The highest BCUT2D eigenvalue weighted by Crippen LogP contribution is 2.17. The maximum Gasteiger partial charge on any atom is 0.340 e. The largest absolute Gasteiger partial charge is 0.461 e. The molecule has 0 aromatic heterocycles. The smallest absolute Gasteiger partial charge is 0.340 e. The molecule has 116 valence electrons. The lowest BCUT2D eigenvalue weighted by Gasteiger charge is -2.28. The Kier molecular flexibility index (Phi) is 6.21. The first-order valence-electron chi connectivity index (χ1n) is 7.01. The summed E-state index contributed by atoms with van der Waals surface area (Å²) >= 11 is 0. The average molecular weight is 293 g/mol. The minimum absolute atomic E-state index is 0.295. The molecule has 0 bridgehead atoms. The van der Waals surface area contributed by atoms with Gasteiger partial charge in [0.05, 0.1) is 12.2 Å². The second-order valence-corrected chi connectivity index (χ2v) is 5.32. The Hall–Kier alpha value is -2.04. The Balaban J connectivity index is 3.00. The zero-order valence-electron chi connectivity index (χ0n) is 13.2. The molecule has 0 amide bonds. The molecule has 0 N–H and O–H groups in total. The van der Waals surface area contributed by atoms with Crippen LogP contribution in [-0.2, 0) is 19.1 Å². The van der Waals surface area contributed by atoms with Gasteiger partial charge in [0.15, 0.2) is 0 Å². The maximum atomic E-state index is 12.2. The van der Waals surface area contributed by atoms with E-state index in [0.717, 1.165) is 5.69 Å². The standard InChI is InChI=1S/C16H23NO4/c1-11(2)20-15(18)14(16(19)21-12(3)4)17(5)13-9-7-6-8-10-13/h6-12,14H,1-5H3. The van der Waals surface area contributed by atoms with Crippen molar-refractivity contribution in [2.45, 2.75) is 45.9 Å². The molecule has 0 heterocycles. The van der Waals surface area contributed by atoms with E-state index < -0.39 is 18.0 Å². The lowest BCUT2D eigenvalue weighted by Crippen LogP contribution is -2.48. The first-order valence-corrected chi connectivity index (χ1v) is 7.01. The lowest BCUT2D eigenvalue weighted by molar-refractivity contribution is -0.161. The second-order valence-electron chi connectivity index (χ2n) is 5.32. The molecule has 1 aromatic carbocycles. The summed E-state index contributed by atoms with van der Waals surface area (Å²) in [5.41, 5.74) is 0.740. The first-order chi connectivity index (χ1) is 9.82. The maximum absolute atomic E-state index is 12.2. The molecule has 0 aliphatic heterocycles. The van der Waals surface area contributed by atoms with Gasteiger partial charge >= 0.3 is 11.9 Å². The van der Waals surface area contributed by atoms with E-state index in [1.807, 2.05) is 30.3 Å². The summed E-state index contributed by atoms with van der Waals surface area (Å²) < 4.78 is 10.4. The minimum atomic E-state index is -1.11. The molecule has 0 radical (unpaired) electrons. The fourth-order valence-electron chi connectivity index (χ4n) is 1.82. The molecule has 0 unspecified atom stereocenters. The van der Waals surface area contributed by atoms with Crippen LogP contribution < -0.4 is 4.90 Å². The van der Waals surface area contributed by atoms with Gasteiger partial charge < -0.3 is 14.4 Å². The van der Waals surface area contributed by atoms with Crippen LogP contribution in [0.3, 0.4) is 0 Å². The van der Waals surface area contributed by atoms with Crippen molar-refractivity contribution in [3.8, 4) is 0 Å². The van der Waals surface area contributed by atoms with Gasteiger partial charge in [-0.2, -0.15) is 0 Å². The third-order valence-electron chi connectivity index (χ3n) is 2.70. The number of carbonyl (C=O) groups is 2. The topological polar surface area (TPSA) is 55.8 Å².